The normalized spacial score (nSPS) is 13.6. The number of fused-ring (bicyclic) bond motifs is 2. The maximum Gasteiger partial charge on any atom is 0.336 e. The Morgan fingerprint density at radius 1 is 1.00 bits per heavy atom. The standard InChI is InChI=1S/C22H23NO2/c1-15-6-3-4-7-18(15)13-23(2)14-19-12-22(24)25-21-11-17-9-5-8-16(17)10-20(19)21/h3-4,6-7,10-12H,5,8-9,13-14H2,1-2H3. The average Bonchev–Trinajstić information content (AvgIpc) is 3.02. The van der Waals surface area contributed by atoms with Crippen LogP contribution in [-0.2, 0) is 25.9 Å². The average molecular weight is 333 g/mol. The van der Waals surface area contributed by atoms with Gasteiger partial charge in [0.25, 0.3) is 0 Å². The first-order chi connectivity index (χ1) is 12.1. The number of rotatable bonds is 4. The highest BCUT2D eigenvalue weighted by atomic mass is 16.4. The highest BCUT2D eigenvalue weighted by Gasteiger charge is 2.16. The van der Waals surface area contributed by atoms with E-state index >= 15 is 0 Å². The van der Waals surface area contributed by atoms with Crippen molar-refractivity contribution in [3.05, 3.63) is 80.7 Å². The van der Waals surface area contributed by atoms with Crippen molar-refractivity contribution in [1.82, 2.24) is 4.90 Å². The third kappa shape index (κ3) is 3.24. The lowest BCUT2D eigenvalue weighted by Gasteiger charge is -2.19. The molecule has 4 rings (SSSR count). The number of nitrogens with zero attached hydrogens (tertiary/aromatic N) is 1. The summed E-state index contributed by atoms with van der Waals surface area (Å²) in [6.45, 7) is 3.73. The zero-order chi connectivity index (χ0) is 17.4. The summed E-state index contributed by atoms with van der Waals surface area (Å²) in [7, 11) is 2.10. The van der Waals surface area contributed by atoms with Crippen LogP contribution in [0, 0.1) is 6.92 Å². The smallest absolute Gasteiger partial charge is 0.336 e. The van der Waals surface area contributed by atoms with Gasteiger partial charge in [-0.2, -0.15) is 0 Å². The summed E-state index contributed by atoms with van der Waals surface area (Å²) >= 11 is 0. The summed E-state index contributed by atoms with van der Waals surface area (Å²) in [5, 5.41) is 1.08. The second-order valence-electron chi connectivity index (χ2n) is 7.16. The van der Waals surface area contributed by atoms with Crippen LogP contribution in [0.3, 0.4) is 0 Å². The van der Waals surface area contributed by atoms with Crippen LogP contribution < -0.4 is 5.63 Å². The third-order valence-corrected chi connectivity index (χ3v) is 5.18. The lowest BCUT2D eigenvalue weighted by atomic mass is 10.0. The molecule has 0 unspecified atom stereocenters. The van der Waals surface area contributed by atoms with Gasteiger partial charge in [0.1, 0.15) is 5.58 Å². The van der Waals surface area contributed by atoms with Gasteiger partial charge in [-0.3, -0.25) is 4.90 Å². The van der Waals surface area contributed by atoms with Gasteiger partial charge in [-0.25, -0.2) is 4.79 Å². The summed E-state index contributed by atoms with van der Waals surface area (Å²) in [5.41, 5.74) is 6.88. The Labute approximate surface area is 147 Å². The topological polar surface area (TPSA) is 33.5 Å². The van der Waals surface area contributed by atoms with Crippen molar-refractivity contribution in [2.45, 2.75) is 39.3 Å². The van der Waals surface area contributed by atoms with E-state index in [9.17, 15) is 4.79 Å². The molecule has 0 saturated carbocycles. The maximum atomic E-state index is 12.0. The van der Waals surface area contributed by atoms with E-state index < -0.39 is 0 Å². The fraction of sp³-hybridized carbons (Fsp3) is 0.318. The van der Waals surface area contributed by atoms with E-state index in [4.69, 9.17) is 4.42 Å². The molecule has 0 saturated heterocycles. The van der Waals surface area contributed by atoms with E-state index in [0.29, 0.717) is 0 Å². The van der Waals surface area contributed by atoms with Crippen molar-refractivity contribution in [1.29, 1.82) is 0 Å². The maximum absolute atomic E-state index is 12.0. The summed E-state index contributed by atoms with van der Waals surface area (Å²) in [4.78, 5) is 14.3. The zero-order valence-corrected chi connectivity index (χ0v) is 14.8. The molecular weight excluding hydrogens is 310 g/mol. The van der Waals surface area contributed by atoms with Crippen LogP contribution in [0.5, 0.6) is 0 Å². The van der Waals surface area contributed by atoms with E-state index in [1.54, 1.807) is 6.07 Å². The minimum Gasteiger partial charge on any atom is -0.423 e. The van der Waals surface area contributed by atoms with Gasteiger partial charge in [-0.1, -0.05) is 24.3 Å². The second kappa shape index (κ2) is 6.49. The van der Waals surface area contributed by atoms with Gasteiger partial charge in [0.15, 0.2) is 0 Å². The van der Waals surface area contributed by atoms with Crippen molar-refractivity contribution in [2.75, 3.05) is 7.05 Å². The van der Waals surface area contributed by atoms with Crippen LogP contribution in [0.4, 0.5) is 0 Å². The lowest BCUT2D eigenvalue weighted by molar-refractivity contribution is 0.318. The first-order valence-electron chi connectivity index (χ1n) is 8.92. The number of hydrogen-bond acceptors (Lipinski definition) is 3. The second-order valence-corrected chi connectivity index (χ2v) is 7.16. The summed E-state index contributed by atoms with van der Waals surface area (Å²) in [6, 6.07) is 14.4. The van der Waals surface area contributed by atoms with Gasteiger partial charge in [0.2, 0.25) is 0 Å². The molecule has 128 valence electrons. The molecule has 0 radical (unpaired) electrons. The first-order valence-corrected chi connectivity index (χ1v) is 8.92. The molecule has 1 aromatic heterocycles. The lowest BCUT2D eigenvalue weighted by Crippen LogP contribution is -2.19. The van der Waals surface area contributed by atoms with Crippen LogP contribution in [-0.4, -0.2) is 11.9 Å². The summed E-state index contributed by atoms with van der Waals surface area (Å²) in [5.74, 6) is 0. The van der Waals surface area contributed by atoms with E-state index in [1.807, 2.05) is 0 Å². The number of hydrogen-bond donors (Lipinski definition) is 0. The minimum atomic E-state index is -0.260. The third-order valence-electron chi connectivity index (χ3n) is 5.18. The largest absolute Gasteiger partial charge is 0.423 e. The van der Waals surface area contributed by atoms with Crippen LogP contribution >= 0.6 is 0 Å². The minimum absolute atomic E-state index is 0.260. The fourth-order valence-corrected chi connectivity index (χ4v) is 3.85. The van der Waals surface area contributed by atoms with Crippen LogP contribution in [0.1, 0.15) is 34.2 Å². The summed E-state index contributed by atoms with van der Waals surface area (Å²) in [6.07, 6.45) is 3.41. The molecule has 3 heteroatoms. The molecule has 0 bridgehead atoms. The van der Waals surface area contributed by atoms with Gasteiger partial charge >= 0.3 is 5.63 Å². The highest BCUT2D eigenvalue weighted by Crippen LogP contribution is 2.29. The molecule has 1 aliphatic carbocycles. The van der Waals surface area contributed by atoms with Gasteiger partial charge in [0, 0.05) is 24.5 Å². The Hall–Kier alpha value is -2.39. The molecule has 3 aromatic rings. The van der Waals surface area contributed by atoms with Gasteiger partial charge in [-0.15, -0.1) is 0 Å². The molecule has 2 aromatic carbocycles. The van der Waals surface area contributed by atoms with Crippen molar-refractivity contribution in [2.24, 2.45) is 0 Å². The van der Waals surface area contributed by atoms with Crippen LogP contribution in [0.25, 0.3) is 11.0 Å². The fourth-order valence-electron chi connectivity index (χ4n) is 3.85. The van der Waals surface area contributed by atoms with Crippen molar-refractivity contribution in [3.63, 3.8) is 0 Å². The van der Waals surface area contributed by atoms with E-state index in [1.165, 1.54) is 28.7 Å². The Morgan fingerprint density at radius 2 is 1.72 bits per heavy atom. The Morgan fingerprint density at radius 3 is 2.52 bits per heavy atom. The quantitative estimate of drug-likeness (QED) is 0.670. The molecule has 0 spiro atoms. The van der Waals surface area contributed by atoms with Gasteiger partial charge in [-0.05, 0) is 73.2 Å². The van der Waals surface area contributed by atoms with Gasteiger partial charge < -0.3 is 4.42 Å². The van der Waals surface area contributed by atoms with Crippen molar-refractivity contribution < 1.29 is 4.42 Å². The predicted molar refractivity (Wildman–Crippen MR) is 101 cm³/mol. The Kier molecular flexibility index (Phi) is 4.18. The van der Waals surface area contributed by atoms with E-state index in [2.05, 4.69) is 55.3 Å². The molecule has 0 aliphatic heterocycles. The highest BCUT2D eigenvalue weighted by molar-refractivity contribution is 5.82. The molecular formula is C22H23NO2. The summed E-state index contributed by atoms with van der Waals surface area (Å²) < 4.78 is 5.47. The van der Waals surface area contributed by atoms with Crippen LogP contribution in [0.15, 0.2) is 51.7 Å². The molecule has 3 nitrogen and oxygen atoms in total. The monoisotopic (exact) mass is 333 g/mol. The SMILES string of the molecule is Cc1ccccc1CN(C)Cc1cc(=O)oc2cc3c(cc12)CCC3. The Bertz CT molecular complexity index is 987. The molecule has 0 fully saturated rings. The Balaban J connectivity index is 1.66. The first kappa shape index (κ1) is 16.1. The number of aryl methyl sites for hydroxylation is 3. The zero-order valence-electron chi connectivity index (χ0n) is 14.8. The van der Waals surface area contributed by atoms with E-state index in [-0.39, 0.29) is 5.63 Å². The molecule has 1 aliphatic rings. The molecule has 0 N–H and O–H groups in total. The van der Waals surface area contributed by atoms with E-state index in [0.717, 1.165) is 42.5 Å². The molecule has 0 atom stereocenters. The molecule has 0 amide bonds. The van der Waals surface area contributed by atoms with Crippen LogP contribution in [0.2, 0.25) is 0 Å². The molecule has 25 heavy (non-hydrogen) atoms. The number of benzene rings is 2. The van der Waals surface area contributed by atoms with Crippen molar-refractivity contribution in [3.8, 4) is 0 Å². The predicted octanol–water partition coefficient (Wildman–Crippen LogP) is 4.22. The van der Waals surface area contributed by atoms with Gasteiger partial charge in [0.05, 0.1) is 0 Å². The molecule has 1 heterocycles. The van der Waals surface area contributed by atoms with Crippen molar-refractivity contribution >= 4 is 11.0 Å².